The highest BCUT2D eigenvalue weighted by molar-refractivity contribution is 7.16. The maximum Gasteiger partial charge on any atom is 0.279 e. The van der Waals surface area contributed by atoms with E-state index in [0.717, 1.165) is 10.2 Å². The number of halogens is 2. The van der Waals surface area contributed by atoms with Gasteiger partial charge in [-0.1, -0.05) is 34.5 Å². The van der Waals surface area contributed by atoms with Gasteiger partial charge in [-0.25, -0.2) is 0 Å². The van der Waals surface area contributed by atoms with Crippen molar-refractivity contribution in [3.8, 4) is 11.5 Å². The van der Waals surface area contributed by atoms with Crippen LogP contribution >= 0.6 is 34.5 Å². The summed E-state index contributed by atoms with van der Waals surface area (Å²) in [5, 5.41) is 0.799. The zero-order chi connectivity index (χ0) is 17.6. The van der Waals surface area contributed by atoms with Crippen LogP contribution in [0.15, 0.2) is 35.3 Å². The van der Waals surface area contributed by atoms with E-state index in [0.29, 0.717) is 38.5 Å². The first-order valence-corrected chi connectivity index (χ1v) is 9.10. The zero-order valence-electron chi connectivity index (χ0n) is 13.1. The molecule has 5 nitrogen and oxygen atoms in total. The maximum absolute atomic E-state index is 12.5. The standard InChI is InChI=1S/C17H12Cl2N2O3S/c1-2-21-12-6-13-14(24-8-23-13)7-15(12)25-17(21)20-16(22)9-3-10(18)5-11(19)4-9/h3-7H,2,8H2,1H3. The van der Waals surface area contributed by atoms with Crippen LogP contribution in [0.2, 0.25) is 10.0 Å². The number of fused-ring (bicyclic) bond motifs is 2. The summed E-state index contributed by atoms with van der Waals surface area (Å²) in [6, 6.07) is 8.51. The Bertz CT molecular complexity index is 1050. The summed E-state index contributed by atoms with van der Waals surface area (Å²) < 4.78 is 13.8. The molecule has 1 aliphatic rings. The normalized spacial score (nSPS) is 13.6. The number of amides is 1. The molecule has 25 heavy (non-hydrogen) atoms. The van der Waals surface area contributed by atoms with Crippen molar-refractivity contribution in [3.05, 3.63) is 50.7 Å². The van der Waals surface area contributed by atoms with Gasteiger partial charge >= 0.3 is 0 Å². The highest BCUT2D eigenvalue weighted by Gasteiger charge is 2.17. The third kappa shape index (κ3) is 3.01. The fraction of sp³-hybridized carbons (Fsp3) is 0.176. The van der Waals surface area contributed by atoms with Gasteiger partial charge in [0.1, 0.15) is 0 Å². The molecule has 0 N–H and O–H groups in total. The second kappa shape index (κ2) is 6.37. The fourth-order valence-corrected chi connectivity index (χ4v) is 4.31. The van der Waals surface area contributed by atoms with Crippen LogP contribution in [0.25, 0.3) is 10.2 Å². The fourth-order valence-electron chi connectivity index (χ4n) is 2.68. The molecule has 0 aliphatic carbocycles. The van der Waals surface area contributed by atoms with Crippen LogP contribution in [0.5, 0.6) is 11.5 Å². The first kappa shape index (κ1) is 16.4. The molecule has 1 amide bonds. The first-order valence-electron chi connectivity index (χ1n) is 7.53. The molecule has 0 saturated heterocycles. The van der Waals surface area contributed by atoms with Crippen molar-refractivity contribution in [2.75, 3.05) is 6.79 Å². The second-order valence-electron chi connectivity index (χ2n) is 5.38. The van der Waals surface area contributed by atoms with Gasteiger partial charge in [0.2, 0.25) is 6.79 Å². The van der Waals surface area contributed by atoms with Crippen LogP contribution in [0.1, 0.15) is 17.3 Å². The lowest BCUT2D eigenvalue weighted by Gasteiger charge is -2.02. The molecular weight excluding hydrogens is 383 g/mol. The summed E-state index contributed by atoms with van der Waals surface area (Å²) in [7, 11) is 0. The van der Waals surface area contributed by atoms with Gasteiger partial charge in [0.15, 0.2) is 16.3 Å². The molecule has 0 radical (unpaired) electrons. The van der Waals surface area contributed by atoms with Gasteiger partial charge in [-0.15, -0.1) is 0 Å². The number of hydrogen-bond acceptors (Lipinski definition) is 4. The van der Waals surface area contributed by atoms with E-state index in [9.17, 15) is 4.79 Å². The second-order valence-corrected chi connectivity index (χ2v) is 7.26. The van der Waals surface area contributed by atoms with Crippen molar-refractivity contribution in [1.82, 2.24) is 4.57 Å². The van der Waals surface area contributed by atoms with Crippen molar-refractivity contribution in [3.63, 3.8) is 0 Å². The van der Waals surface area contributed by atoms with E-state index < -0.39 is 5.91 Å². The number of benzene rings is 2. The molecular formula is C17H12Cl2N2O3S. The maximum atomic E-state index is 12.5. The van der Waals surface area contributed by atoms with E-state index in [1.165, 1.54) is 11.3 Å². The molecule has 0 saturated carbocycles. The third-order valence-corrected chi connectivity index (χ3v) is 5.28. The number of carbonyl (C=O) groups is 1. The lowest BCUT2D eigenvalue weighted by atomic mass is 10.2. The number of ether oxygens (including phenoxy) is 2. The molecule has 0 atom stereocenters. The highest BCUT2D eigenvalue weighted by Crippen LogP contribution is 2.37. The summed E-state index contributed by atoms with van der Waals surface area (Å²) in [6.45, 7) is 2.89. The van der Waals surface area contributed by atoms with E-state index in [-0.39, 0.29) is 6.79 Å². The minimum absolute atomic E-state index is 0.226. The first-order chi connectivity index (χ1) is 12.0. The Kier molecular flexibility index (Phi) is 4.19. The lowest BCUT2D eigenvalue weighted by Crippen LogP contribution is -2.15. The summed E-state index contributed by atoms with van der Waals surface area (Å²) >= 11 is 13.4. The number of rotatable bonds is 2. The van der Waals surface area contributed by atoms with Crippen LogP contribution in [0.3, 0.4) is 0 Å². The minimum Gasteiger partial charge on any atom is -0.454 e. The van der Waals surface area contributed by atoms with Crippen molar-refractivity contribution >= 4 is 50.7 Å². The number of carbonyl (C=O) groups excluding carboxylic acids is 1. The molecule has 2 heterocycles. The quantitative estimate of drug-likeness (QED) is 0.642. The molecule has 4 rings (SSSR count). The zero-order valence-corrected chi connectivity index (χ0v) is 15.4. The van der Waals surface area contributed by atoms with Gasteiger partial charge in [-0.2, -0.15) is 4.99 Å². The van der Waals surface area contributed by atoms with Crippen LogP contribution in [-0.2, 0) is 6.54 Å². The summed E-state index contributed by atoms with van der Waals surface area (Å²) in [6.07, 6.45) is 0. The third-order valence-electron chi connectivity index (χ3n) is 3.80. The molecule has 0 fully saturated rings. The average Bonchev–Trinajstić information content (AvgIpc) is 3.14. The molecule has 1 aliphatic heterocycles. The van der Waals surface area contributed by atoms with Gasteiger partial charge in [-0.3, -0.25) is 4.79 Å². The van der Waals surface area contributed by atoms with Crippen molar-refractivity contribution < 1.29 is 14.3 Å². The average molecular weight is 395 g/mol. The van der Waals surface area contributed by atoms with Crippen LogP contribution in [0.4, 0.5) is 0 Å². The van der Waals surface area contributed by atoms with E-state index in [1.807, 2.05) is 23.6 Å². The topological polar surface area (TPSA) is 52.8 Å². The largest absolute Gasteiger partial charge is 0.454 e. The Morgan fingerprint density at radius 2 is 1.84 bits per heavy atom. The molecule has 0 spiro atoms. The molecule has 2 aromatic carbocycles. The lowest BCUT2D eigenvalue weighted by molar-refractivity contribution is 0.0998. The minimum atomic E-state index is -0.391. The summed E-state index contributed by atoms with van der Waals surface area (Å²) in [4.78, 5) is 17.4. The molecule has 0 unspecified atom stereocenters. The molecule has 128 valence electrons. The molecule has 8 heteroatoms. The predicted molar refractivity (Wildman–Crippen MR) is 98.0 cm³/mol. The Labute approximate surface area is 157 Å². The van der Waals surface area contributed by atoms with Crippen molar-refractivity contribution in [2.24, 2.45) is 4.99 Å². The number of aryl methyl sites for hydroxylation is 1. The van der Waals surface area contributed by atoms with Crippen LogP contribution < -0.4 is 14.3 Å². The molecule has 1 aromatic heterocycles. The predicted octanol–water partition coefficient (Wildman–Crippen LogP) is 4.50. The summed E-state index contributed by atoms with van der Waals surface area (Å²) in [5.74, 6) is 1.02. The van der Waals surface area contributed by atoms with Crippen molar-refractivity contribution in [2.45, 2.75) is 13.5 Å². The number of nitrogens with zero attached hydrogens (tertiary/aromatic N) is 2. The Morgan fingerprint density at radius 3 is 2.52 bits per heavy atom. The number of hydrogen-bond donors (Lipinski definition) is 0. The Balaban J connectivity index is 1.85. The van der Waals surface area contributed by atoms with E-state index in [2.05, 4.69) is 4.99 Å². The Hall–Kier alpha value is -2.02. The number of thiazole rings is 1. The SMILES string of the molecule is CCn1c(=NC(=O)c2cc(Cl)cc(Cl)c2)sc2cc3c(cc21)OCO3. The van der Waals surface area contributed by atoms with Gasteiger partial charge in [-0.05, 0) is 25.1 Å². The van der Waals surface area contributed by atoms with Crippen LogP contribution in [-0.4, -0.2) is 17.3 Å². The van der Waals surface area contributed by atoms with Crippen molar-refractivity contribution in [1.29, 1.82) is 0 Å². The van der Waals surface area contributed by atoms with Gasteiger partial charge in [0.05, 0.1) is 10.2 Å². The van der Waals surface area contributed by atoms with E-state index in [4.69, 9.17) is 32.7 Å². The monoisotopic (exact) mass is 394 g/mol. The van der Waals surface area contributed by atoms with E-state index >= 15 is 0 Å². The smallest absolute Gasteiger partial charge is 0.279 e. The molecule has 3 aromatic rings. The highest BCUT2D eigenvalue weighted by atomic mass is 35.5. The van der Waals surface area contributed by atoms with E-state index in [1.54, 1.807) is 18.2 Å². The summed E-state index contributed by atoms with van der Waals surface area (Å²) in [5.41, 5.74) is 1.30. The van der Waals surface area contributed by atoms with Gasteiger partial charge in [0.25, 0.3) is 5.91 Å². The molecule has 0 bridgehead atoms. The number of aromatic nitrogens is 1. The van der Waals surface area contributed by atoms with Crippen LogP contribution in [0, 0.1) is 0 Å². The van der Waals surface area contributed by atoms with Gasteiger partial charge < -0.3 is 14.0 Å². The Morgan fingerprint density at radius 1 is 1.16 bits per heavy atom. The van der Waals surface area contributed by atoms with Gasteiger partial charge in [0, 0.05) is 34.3 Å².